The van der Waals surface area contributed by atoms with Crippen molar-refractivity contribution in [1.82, 2.24) is 9.62 Å². The Kier molecular flexibility index (Phi) is 5.60. The Balaban J connectivity index is 1.88. The van der Waals surface area contributed by atoms with E-state index in [1.54, 1.807) is 0 Å². The molecule has 1 atom stereocenters. The minimum absolute atomic E-state index is 0.464. The number of benzene rings is 1. The van der Waals surface area contributed by atoms with Gasteiger partial charge in [0.05, 0.1) is 6.26 Å². The number of hydrogen-bond acceptors (Lipinski definition) is 3. The maximum atomic E-state index is 11.0. The molecule has 0 aliphatic carbocycles. The van der Waals surface area contributed by atoms with Gasteiger partial charge in [0.2, 0.25) is 10.0 Å². The van der Waals surface area contributed by atoms with Gasteiger partial charge in [-0.3, -0.25) is 4.90 Å². The van der Waals surface area contributed by atoms with Crippen LogP contribution in [0.2, 0.25) is 0 Å². The highest BCUT2D eigenvalue weighted by atomic mass is 79.9. The average molecular weight is 361 g/mol. The van der Waals surface area contributed by atoms with E-state index in [4.69, 9.17) is 0 Å². The van der Waals surface area contributed by atoms with Gasteiger partial charge in [0.1, 0.15) is 0 Å². The number of nitrogens with zero attached hydrogens (tertiary/aromatic N) is 1. The minimum Gasteiger partial charge on any atom is -0.296 e. The predicted molar refractivity (Wildman–Crippen MR) is 85.2 cm³/mol. The first kappa shape index (κ1) is 15.9. The maximum Gasteiger partial charge on any atom is 0.208 e. The summed E-state index contributed by atoms with van der Waals surface area (Å²) in [5.74, 6) is 0. The van der Waals surface area contributed by atoms with Crippen LogP contribution in [0.5, 0.6) is 0 Å². The van der Waals surface area contributed by atoms with Crippen molar-refractivity contribution < 1.29 is 8.42 Å². The molecule has 4 nitrogen and oxygen atoms in total. The predicted octanol–water partition coefficient (Wildman–Crippen LogP) is 2.53. The summed E-state index contributed by atoms with van der Waals surface area (Å²) < 4.78 is 25.7. The molecule has 20 heavy (non-hydrogen) atoms. The minimum atomic E-state index is -3.07. The molecule has 1 saturated heterocycles. The normalized spacial score (nSPS) is 20.4. The lowest BCUT2D eigenvalue weighted by Crippen LogP contribution is -2.29. The van der Waals surface area contributed by atoms with E-state index in [1.807, 2.05) is 6.07 Å². The first-order valence-electron chi connectivity index (χ1n) is 6.90. The van der Waals surface area contributed by atoms with Gasteiger partial charge in [-0.05, 0) is 50.0 Å². The molecule has 0 spiro atoms. The molecule has 0 unspecified atom stereocenters. The van der Waals surface area contributed by atoms with E-state index in [9.17, 15) is 8.42 Å². The van der Waals surface area contributed by atoms with Crippen LogP contribution in [-0.2, 0) is 10.0 Å². The summed E-state index contributed by atoms with van der Waals surface area (Å²) >= 11 is 3.52. The Labute approximate surface area is 129 Å². The summed E-state index contributed by atoms with van der Waals surface area (Å²) in [5.41, 5.74) is 1.34. The lowest BCUT2D eigenvalue weighted by atomic mass is 10.0. The smallest absolute Gasteiger partial charge is 0.208 e. The van der Waals surface area contributed by atoms with Crippen molar-refractivity contribution in [3.63, 3.8) is 0 Å². The summed E-state index contributed by atoms with van der Waals surface area (Å²) in [6, 6.07) is 8.92. The van der Waals surface area contributed by atoms with Gasteiger partial charge in [0.15, 0.2) is 0 Å². The second-order valence-corrected chi connectivity index (χ2v) is 8.02. The third kappa shape index (κ3) is 4.84. The molecule has 1 fully saturated rings. The third-order valence-corrected chi connectivity index (χ3v) is 4.81. The zero-order valence-electron chi connectivity index (χ0n) is 11.7. The Bertz CT molecular complexity index is 548. The number of rotatable bonds is 6. The Morgan fingerprint density at radius 3 is 2.95 bits per heavy atom. The van der Waals surface area contributed by atoms with Crippen molar-refractivity contribution >= 4 is 26.0 Å². The average Bonchev–Trinajstić information content (AvgIpc) is 2.82. The quantitative estimate of drug-likeness (QED) is 0.793. The number of halogens is 1. The molecule has 0 aromatic heterocycles. The fourth-order valence-electron chi connectivity index (χ4n) is 2.72. The van der Waals surface area contributed by atoms with Crippen molar-refractivity contribution in [3.8, 4) is 0 Å². The molecule has 1 aliphatic rings. The molecule has 6 heteroatoms. The highest BCUT2D eigenvalue weighted by Gasteiger charge is 2.25. The van der Waals surface area contributed by atoms with Gasteiger partial charge in [-0.25, -0.2) is 13.1 Å². The van der Waals surface area contributed by atoms with Crippen molar-refractivity contribution in [2.75, 3.05) is 25.9 Å². The van der Waals surface area contributed by atoms with E-state index in [0.717, 1.165) is 24.0 Å². The third-order valence-electron chi connectivity index (χ3n) is 3.58. The number of hydrogen-bond donors (Lipinski definition) is 1. The molecule has 0 saturated carbocycles. The van der Waals surface area contributed by atoms with Crippen molar-refractivity contribution in [2.24, 2.45) is 0 Å². The van der Waals surface area contributed by atoms with Crippen LogP contribution in [0, 0.1) is 0 Å². The molecule has 0 radical (unpaired) electrons. The van der Waals surface area contributed by atoms with Crippen LogP contribution >= 0.6 is 15.9 Å². The molecule has 0 amide bonds. The van der Waals surface area contributed by atoms with Crippen molar-refractivity contribution in [3.05, 3.63) is 34.3 Å². The lowest BCUT2D eigenvalue weighted by molar-refractivity contribution is 0.254. The van der Waals surface area contributed by atoms with Crippen molar-refractivity contribution in [2.45, 2.75) is 25.3 Å². The highest BCUT2D eigenvalue weighted by molar-refractivity contribution is 9.10. The summed E-state index contributed by atoms with van der Waals surface area (Å²) in [7, 11) is -3.07. The molecule has 1 aromatic rings. The van der Waals surface area contributed by atoms with Gasteiger partial charge in [0.25, 0.3) is 0 Å². The van der Waals surface area contributed by atoms with Crippen LogP contribution in [0.4, 0.5) is 0 Å². The first-order chi connectivity index (χ1) is 9.46. The van der Waals surface area contributed by atoms with E-state index in [-0.39, 0.29) is 0 Å². The Hall–Kier alpha value is -0.430. The molecule has 0 bridgehead atoms. The molecular weight excluding hydrogens is 340 g/mol. The molecule has 1 aliphatic heterocycles. The zero-order chi connectivity index (χ0) is 14.6. The second kappa shape index (κ2) is 7.02. The molecule has 1 aromatic carbocycles. The molecular formula is C14H21BrN2O2S. The summed E-state index contributed by atoms with van der Waals surface area (Å²) in [6.45, 7) is 2.54. The first-order valence-corrected chi connectivity index (χ1v) is 9.58. The van der Waals surface area contributed by atoms with Crippen LogP contribution < -0.4 is 4.72 Å². The Morgan fingerprint density at radius 2 is 2.25 bits per heavy atom. The highest BCUT2D eigenvalue weighted by Crippen LogP contribution is 2.32. The van der Waals surface area contributed by atoms with Gasteiger partial charge in [0, 0.05) is 17.1 Å². The monoisotopic (exact) mass is 360 g/mol. The number of likely N-dealkylation sites (tertiary alicyclic amines) is 1. The lowest BCUT2D eigenvalue weighted by Gasteiger charge is -2.25. The van der Waals surface area contributed by atoms with E-state index in [2.05, 4.69) is 43.8 Å². The van der Waals surface area contributed by atoms with Gasteiger partial charge < -0.3 is 0 Å². The zero-order valence-corrected chi connectivity index (χ0v) is 14.1. The van der Waals surface area contributed by atoms with Crippen LogP contribution in [-0.4, -0.2) is 39.2 Å². The van der Waals surface area contributed by atoms with Crippen LogP contribution in [0.1, 0.15) is 30.9 Å². The number of nitrogens with one attached hydrogen (secondary N) is 1. The van der Waals surface area contributed by atoms with Crippen LogP contribution in [0.25, 0.3) is 0 Å². The second-order valence-electron chi connectivity index (χ2n) is 5.27. The SMILES string of the molecule is CS(=O)(=O)NCCCN1CCC[C@@H]1c1cccc(Br)c1. The van der Waals surface area contributed by atoms with Gasteiger partial charge in [-0.1, -0.05) is 28.1 Å². The standard InChI is InChI=1S/C14H21BrN2O2S/c1-20(18,19)16-8-4-10-17-9-3-7-14(17)12-5-2-6-13(15)11-12/h2,5-6,11,14,16H,3-4,7-10H2,1H3/t14-/m1/s1. The summed E-state index contributed by atoms with van der Waals surface area (Å²) in [5, 5.41) is 0. The largest absolute Gasteiger partial charge is 0.296 e. The van der Waals surface area contributed by atoms with E-state index < -0.39 is 10.0 Å². The van der Waals surface area contributed by atoms with E-state index >= 15 is 0 Å². The molecule has 1 N–H and O–H groups in total. The molecule has 1 heterocycles. The van der Waals surface area contributed by atoms with Crippen molar-refractivity contribution in [1.29, 1.82) is 0 Å². The Morgan fingerprint density at radius 1 is 1.45 bits per heavy atom. The van der Waals surface area contributed by atoms with Gasteiger partial charge >= 0.3 is 0 Å². The van der Waals surface area contributed by atoms with Gasteiger partial charge in [-0.2, -0.15) is 0 Å². The van der Waals surface area contributed by atoms with Crippen LogP contribution in [0.3, 0.4) is 0 Å². The van der Waals surface area contributed by atoms with Crippen LogP contribution in [0.15, 0.2) is 28.7 Å². The summed E-state index contributed by atoms with van der Waals surface area (Å²) in [6.07, 6.45) is 4.43. The molecule has 112 valence electrons. The van der Waals surface area contributed by atoms with Gasteiger partial charge in [-0.15, -0.1) is 0 Å². The maximum absolute atomic E-state index is 11.0. The summed E-state index contributed by atoms with van der Waals surface area (Å²) in [4.78, 5) is 2.45. The number of sulfonamides is 1. The van der Waals surface area contributed by atoms with E-state index in [1.165, 1.54) is 24.7 Å². The fourth-order valence-corrected chi connectivity index (χ4v) is 3.66. The fraction of sp³-hybridized carbons (Fsp3) is 0.571. The topological polar surface area (TPSA) is 49.4 Å². The molecule has 2 rings (SSSR count). The van der Waals surface area contributed by atoms with E-state index in [0.29, 0.717) is 12.6 Å².